The molecule has 1 aromatic carbocycles. The highest BCUT2D eigenvalue weighted by Gasteiger charge is 2.51. The number of nitrogens with zero attached hydrogens (tertiary/aromatic N) is 1. The molecule has 0 radical (unpaired) electrons. The van der Waals surface area contributed by atoms with Gasteiger partial charge in [0.05, 0.1) is 5.41 Å². The Bertz CT molecular complexity index is 613. The molecule has 24 heavy (non-hydrogen) atoms. The minimum absolute atomic E-state index is 0.0898. The molecule has 0 spiro atoms. The molecule has 2 amide bonds. The third kappa shape index (κ3) is 3.92. The molecule has 3 rings (SSSR count). The first-order chi connectivity index (χ1) is 11.6. The van der Waals surface area contributed by atoms with Gasteiger partial charge in [-0.05, 0) is 49.8 Å². The predicted molar refractivity (Wildman–Crippen MR) is 95.0 cm³/mol. The van der Waals surface area contributed by atoms with Crippen LogP contribution in [0.15, 0.2) is 24.3 Å². The van der Waals surface area contributed by atoms with Crippen LogP contribution < -0.4 is 5.32 Å². The standard InChI is InChI=1S/C19H25ClN2O2/c20-16-7-4-6-15(14-16)19(9-10-19)18(24)21-11-5-13-22-12-3-1-2-8-17(22)23/h4,6-7,14H,1-3,5,8-13H2,(H,21,24). The van der Waals surface area contributed by atoms with E-state index in [1.54, 1.807) is 0 Å². The Morgan fingerprint density at radius 2 is 2.08 bits per heavy atom. The van der Waals surface area contributed by atoms with Gasteiger partial charge in [-0.25, -0.2) is 0 Å². The maximum atomic E-state index is 12.6. The molecule has 4 nitrogen and oxygen atoms in total. The number of halogens is 1. The van der Waals surface area contributed by atoms with E-state index in [9.17, 15) is 9.59 Å². The number of amides is 2. The smallest absolute Gasteiger partial charge is 0.230 e. The van der Waals surface area contributed by atoms with Crippen molar-refractivity contribution in [2.24, 2.45) is 0 Å². The Labute approximate surface area is 148 Å². The molecular formula is C19H25ClN2O2. The van der Waals surface area contributed by atoms with E-state index in [1.807, 2.05) is 29.2 Å². The molecule has 0 atom stereocenters. The van der Waals surface area contributed by atoms with E-state index in [0.29, 0.717) is 18.0 Å². The van der Waals surface area contributed by atoms with Crippen molar-refractivity contribution in [3.63, 3.8) is 0 Å². The zero-order valence-electron chi connectivity index (χ0n) is 14.0. The first kappa shape index (κ1) is 17.3. The van der Waals surface area contributed by atoms with Crippen LogP contribution in [0.2, 0.25) is 5.02 Å². The largest absolute Gasteiger partial charge is 0.355 e. The molecule has 2 fully saturated rings. The third-order valence-electron chi connectivity index (χ3n) is 5.12. The summed E-state index contributed by atoms with van der Waals surface area (Å²) in [4.78, 5) is 26.5. The first-order valence-corrected chi connectivity index (χ1v) is 9.32. The monoisotopic (exact) mass is 348 g/mol. The molecule has 0 aromatic heterocycles. The summed E-state index contributed by atoms with van der Waals surface area (Å²) in [5.41, 5.74) is 0.624. The minimum atomic E-state index is -0.386. The minimum Gasteiger partial charge on any atom is -0.355 e. The SMILES string of the molecule is O=C1CCCCCN1CCCNC(=O)C1(c2cccc(Cl)c2)CC1. The number of nitrogens with one attached hydrogen (secondary N) is 1. The second-order valence-corrected chi connectivity index (χ2v) is 7.33. The van der Waals surface area contributed by atoms with Gasteiger partial charge in [-0.15, -0.1) is 0 Å². The maximum absolute atomic E-state index is 12.6. The molecule has 1 aliphatic carbocycles. The number of carbonyl (C=O) groups excluding carboxylic acids is 2. The lowest BCUT2D eigenvalue weighted by Gasteiger charge is -2.21. The topological polar surface area (TPSA) is 49.4 Å². The maximum Gasteiger partial charge on any atom is 0.230 e. The summed E-state index contributed by atoms with van der Waals surface area (Å²) in [5, 5.41) is 3.73. The van der Waals surface area contributed by atoms with Gasteiger partial charge in [0.2, 0.25) is 11.8 Å². The summed E-state index contributed by atoms with van der Waals surface area (Å²) in [7, 11) is 0. The number of carbonyl (C=O) groups is 2. The lowest BCUT2D eigenvalue weighted by molar-refractivity contribution is -0.130. The predicted octanol–water partition coefficient (Wildman–Crippen LogP) is 3.28. The summed E-state index contributed by atoms with van der Waals surface area (Å²) in [6, 6.07) is 7.60. The van der Waals surface area contributed by atoms with Crippen molar-refractivity contribution in [2.75, 3.05) is 19.6 Å². The van der Waals surface area contributed by atoms with E-state index < -0.39 is 0 Å². The van der Waals surface area contributed by atoms with Gasteiger partial charge in [0.1, 0.15) is 0 Å². The van der Waals surface area contributed by atoms with Crippen molar-refractivity contribution in [1.82, 2.24) is 10.2 Å². The normalized spacial score (nSPS) is 19.7. The van der Waals surface area contributed by atoms with Crippen molar-refractivity contribution in [2.45, 2.75) is 50.4 Å². The van der Waals surface area contributed by atoms with Crippen LogP contribution in [0.1, 0.15) is 50.5 Å². The van der Waals surface area contributed by atoms with Crippen LogP contribution in [0.5, 0.6) is 0 Å². The van der Waals surface area contributed by atoms with E-state index in [4.69, 9.17) is 11.6 Å². The number of rotatable bonds is 6. The van der Waals surface area contributed by atoms with Gasteiger partial charge < -0.3 is 10.2 Å². The van der Waals surface area contributed by atoms with Gasteiger partial charge in [0, 0.05) is 31.1 Å². The summed E-state index contributed by atoms with van der Waals surface area (Å²) < 4.78 is 0. The lowest BCUT2D eigenvalue weighted by atomic mass is 9.95. The fraction of sp³-hybridized carbons (Fsp3) is 0.579. The van der Waals surface area contributed by atoms with E-state index >= 15 is 0 Å². The van der Waals surface area contributed by atoms with Crippen molar-refractivity contribution >= 4 is 23.4 Å². The van der Waals surface area contributed by atoms with Crippen molar-refractivity contribution in [3.8, 4) is 0 Å². The molecule has 1 aliphatic heterocycles. The van der Waals surface area contributed by atoms with Crippen LogP contribution >= 0.6 is 11.6 Å². The molecule has 1 N–H and O–H groups in total. The molecule has 2 aliphatic rings. The zero-order valence-corrected chi connectivity index (χ0v) is 14.8. The van der Waals surface area contributed by atoms with Gasteiger partial charge in [-0.2, -0.15) is 0 Å². The van der Waals surface area contributed by atoms with Crippen molar-refractivity contribution in [1.29, 1.82) is 0 Å². The summed E-state index contributed by atoms with van der Waals surface area (Å²) in [6.07, 6.45) is 6.48. The molecular weight excluding hydrogens is 324 g/mol. The van der Waals surface area contributed by atoms with Gasteiger partial charge in [0.15, 0.2) is 0 Å². The van der Waals surface area contributed by atoms with E-state index in [1.165, 1.54) is 0 Å². The fourth-order valence-electron chi connectivity index (χ4n) is 3.47. The highest BCUT2D eigenvalue weighted by atomic mass is 35.5. The van der Waals surface area contributed by atoms with Crippen LogP contribution in [-0.4, -0.2) is 36.3 Å². The highest BCUT2D eigenvalue weighted by Crippen LogP contribution is 2.48. The second-order valence-electron chi connectivity index (χ2n) is 6.89. The van der Waals surface area contributed by atoms with Crippen LogP contribution in [0.4, 0.5) is 0 Å². The third-order valence-corrected chi connectivity index (χ3v) is 5.36. The Hall–Kier alpha value is -1.55. The number of hydrogen-bond acceptors (Lipinski definition) is 2. The van der Waals surface area contributed by atoms with E-state index in [2.05, 4.69) is 5.32 Å². The molecule has 1 aromatic rings. The lowest BCUT2D eigenvalue weighted by Crippen LogP contribution is -2.37. The summed E-state index contributed by atoms with van der Waals surface area (Å²) in [5.74, 6) is 0.350. The van der Waals surface area contributed by atoms with Gasteiger partial charge in [0.25, 0.3) is 0 Å². The average molecular weight is 349 g/mol. The van der Waals surface area contributed by atoms with Crippen LogP contribution in [0.25, 0.3) is 0 Å². The number of benzene rings is 1. The number of hydrogen-bond donors (Lipinski definition) is 1. The first-order valence-electron chi connectivity index (χ1n) is 8.94. The Morgan fingerprint density at radius 1 is 1.25 bits per heavy atom. The molecule has 1 heterocycles. The van der Waals surface area contributed by atoms with Crippen LogP contribution in [-0.2, 0) is 15.0 Å². The van der Waals surface area contributed by atoms with Crippen molar-refractivity contribution < 1.29 is 9.59 Å². The average Bonchev–Trinajstić information content (AvgIpc) is 3.38. The molecule has 0 bridgehead atoms. The zero-order chi connectivity index (χ0) is 17.0. The molecule has 0 unspecified atom stereocenters. The highest BCUT2D eigenvalue weighted by molar-refractivity contribution is 6.30. The Balaban J connectivity index is 1.47. The Kier molecular flexibility index (Phi) is 5.44. The van der Waals surface area contributed by atoms with Crippen LogP contribution in [0, 0.1) is 0 Å². The van der Waals surface area contributed by atoms with Crippen LogP contribution in [0.3, 0.4) is 0 Å². The van der Waals surface area contributed by atoms with E-state index in [-0.39, 0.29) is 17.2 Å². The fourth-order valence-corrected chi connectivity index (χ4v) is 3.66. The van der Waals surface area contributed by atoms with Gasteiger partial charge >= 0.3 is 0 Å². The quantitative estimate of drug-likeness (QED) is 0.802. The number of likely N-dealkylation sites (tertiary alicyclic amines) is 1. The molecule has 130 valence electrons. The van der Waals surface area contributed by atoms with E-state index in [0.717, 1.165) is 57.2 Å². The molecule has 1 saturated carbocycles. The molecule has 1 saturated heterocycles. The second kappa shape index (κ2) is 7.56. The Morgan fingerprint density at radius 3 is 2.83 bits per heavy atom. The van der Waals surface area contributed by atoms with Gasteiger partial charge in [-0.1, -0.05) is 30.2 Å². The molecule has 5 heteroatoms. The summed E-state index contributed by atoms with van der Waals surface area (Å²) >= 11 is 6.05. The summed E-state index contributed by atoms with van der Waals surface area (Å²) in [6.45, 7) is 2.22. The van der Waals surface area contributed by atoms with Gasteiger partial charge in [-0.3, -0.25) is 9.59 Å². The van der Waals surface area contributed by atoms with Crippen molar-refractivity contribution in [3.05, 3.63) is 34.9 Å².